The van der Waals surface area contributed by atoms with Gasteiger partial charge in [-0.3, -0.25) is 9.69 Å². The zero-order valence-corrected chi connectivity index (χ0v) is 17.4. The molecule has 1 heterocycles. The molecule has 0 saturated carbocycles. The van der Waals surface area contributed by atoms with Gasteiger partial charge in [0.25, 0.3) is 5.91 Å². The highest BCUT2D eigenvalue weighted by atomic mass is 19.4. The Kier molecular flexibility index (Phi) is 7.94. The fraction of sp³-hybridized carbons (Fsp3) is 0.600. The molecule has 2 rings (SSSR count). The zero-order valence-electron chi connectivity index (χ0n) is 17.4. The van der Waals surface area contributed by atoms with E-state index in [0.717, 1.165) is 0 Å². The first-order chi connectivity index (χ1) is 13.9. The van der Waals surface area contributed by atoms with Crippen molar-refractivity contribution in [2.75, 3.05) is 45.9 Å². The van der Waals surface area contributed by atoms with Crippen molar-refractivity contribution in [1.29, 1.82) is 0 Å². The van der Waals surface area contributed by atoms with E-state index >= 15 is 0 Å². The number of hydrogen-bond acceptors (Lipinski definition) is 5. The maximum Gasteiger partial charge on any atom is 0.422 e. The van der Waals surface area contributed by atoms with E-state index in [1.807, 2.05) is 20.8 Å². The normalized spacial score (nSPS) is 15.6. The van der Waals surface area contributed by atoms with Crippen LogP contribution < -0.4 is 10.1 Å². The van der Waals surface area contributed by atoms with Gasteiger partial charge >= 0.3 is 12.3 Å². The van der Waals surface area contributed by atoms with Crippen LogP contribution in [-0.2, 0) is 4.74 Å². The predicted molar refractivity (Wildman–Crippen MR) is 105 cm³/mol. The summed E-state index contributed by atoms with van der Waals surface area (Å²) in [5, 5.41) is 2.78. The Morgan fingerprint density at radius 2 is 1.63 bits per heavy atom. The highest BCUT2D eigenvalue weighted by Crippen LogP contribution is 2.19. The van der Waals surface area contributed by atoms with Crippen LogP contribution in [0, 0.1) is 0 Å². The van der Waals surface area contributed by atoms with Gasteiger partial charge in [-0.2, -0.15) is 13.2 Å². The number of carbonyl (C=O) groups is 2. The third-order valence-electron chi connectivity index (χ3n) is 4.26. The lowest BCUT2D eigenvalue weighted by molar-refractivity contribution is -0.153. The first-order valence-corrected chi connectivity index (χ1v) is 9.71. The molecule has 168 valence electrons. The second-order valence-electron chi connectivity index (χ2n) is 7.99. The molecule has 0 spiro atoms. The van der Waals surface area contributed by atoms with E-state index in [0.29, 0.717) is 44.8 Å². The number of piperazine rings is 1. The molecule has 2 amide bonds. The smallest absolute Gasteiger partial charge is 0.422 e. The van der Waals surface area contributed by atoms with Gasteiger partial charge in [0, 0.05) is 44.8 Å². The molecule has 1 fully saturated rings. The van der Waals surface area contributed by atoms with E-state index in [1.165, 1.54) is 24.3 Å². The fourth-order valence-corrected chi connectivity index (χ4v) is 2.78. The van der Waals surface area contributed by atoms with Crippen molar-refractivity contribution in [1.82, 2.24) is 15.1 Å². The molecule has 1 saturated heterocycles. The van der Waals surface area contributed by atoms with Crippen molar-refractivity contribution in [3.8, 4) is 5.75 Å². The molecule has 1 aliphatic heterocycles. The van der Waals surface area contributed by atoms with E-state index < -0.39 is 18.4 Å². The summed E-state index contributed by atoms with van der Waals surface area (Å²) in [5.74, 6) is -0.267. The Morgan fingerprint density at radius 3 is 2.17 bits per heavy atom. The number of ether oxygens (including phenoxy) is 2. The lowest BCUT2D eigenvalue weighted by Crippen LogP contribution is -2.51. The third kappa shape index (κ3) is 8.48. The highest BCUT2D eigenvalue weighted by molar-refractivity contribution is 5.94. The molecule has 1 aromatic carbocycles. The van der Waals surface area contributed by atoms with Crippen LogP contribution in [-0.4, -0.2) is 79.5 Å². The van der Waals surface area contributed by atoms with Gasteiger partial charge in [-0.15, -0.1) is 0 Å². The fourth-order valence-electron chi connectivity index (χ4n) is 2.78. The van der Waals surface area contributed by atoms with Crippen molar-refractivity contribution in [2.45, 2.75) is 32.5 Å². The molecule has 1 N–H and O–H groups in total. The number of hydrogen-bond donors (Lipinski definition) is 1. The van der Waals surface area contributed by atoms with Gasteiger partial charge in [0.15, 0.2) is 6.61 Å². The number of carbonyl (C=O) groups excluding carboxylic acids is 2. The average molecular weight is 431 g/mol. The van der Waals surface area contributed by atoms with E-state index in [4.69, 9.17) is 4.74 Å². The average Bonchev–Trinajstić information content (AvgIpc) is 2.65. The van der Waals surface area contributed by atoms with E-state index in [2.05, 4.69) is 15.0 Å². The van der Waals surface area contributed by atoms with Crippen molar-refractivity contribution in [2.24, 2.45) is 0 Å². The number of benzene rings is 1. The van der Waals surface area contributed by atoms with Crippen LogP contribution in [0.15, 0.2) is 24.3 Å². The lowest BCUT2D eigenvalue weighted by Gasteiger charge is -2.35. The molecule has 7 nitrogen and oxygen atoms in total. The summed E-state index contributed by atoms with van der Waals surface area (Å²) < 4.78 is 46.4. The largest absolute Gasteiger partial charge is 0.484 e. The molecule has 10 heteroatoms. The van der Waals surface area contributed by atoms with Crippen LogP contribution in [0.5, 0.6) is 5.75 Å². The summed E-state index contributed by atoms with van der Waals surface area (Å²) in [7, 11) is 0. The Morgan fingerprint density at radius 1 is 1.03 bits per heavy atom. The Bertz CT molecular complexity index is 709. The summed E-state index contributed by atoms with van der Waals surface area (Å²) in [5.41, 5.74) is -0.189. The zero-order chi connectivity index (χ0) is 22.4. The first kappa shape index (κ1) is 23.8. The number of alkyl halides is 3. The highest BCUT2D eigenvalue weighted by Gasteiger charge is 2.28. The summed E-state index contributed by atoms with van der Waals surface area (Å²) in [4.78, 5) is 28.0. The van der Waals surface area contributed by atoms with E-state index in [1.54, 1.807) is 4.90 Å². The third-order valence-corrected chi connectivity index (χ3v) is 4.26. The minimum absolute atomic E-state index is 0.0479. The van der Waals surface area contributed by atoms with Crippen LogP contribution in [0.3, 0.4) is 0 Å². The van der Waals surface area contributed by atoms with Crippen LogP contribution in [0.4, 0.5) is 18.0 Å². The number of nitrogens with one attached hydrogen (secondary N) is 1. The summed E-state index contributed by atoms with van der Waals surface area (Å²) >= 11 is 0. The minimum atomic E-state index is -4.41. The summed E-state index contributed by atoms with van der Waals surface area (Å²) in [6, 6.07) is 5.49. The van der Waals surface area contributed by atoms with Crippen LogP contribution in [0.2, 0.25) is 0 Å². The molecule has 0 bridgehead atoms. The maximum absolute atomic E-state index is 12.2. The quantitative estimate of drug-likeness (QED) is 0.750. The molecule has 1 aromatic rings. The predicted octanol–water partition coefficient (Wildman–Crippen LogP) is 2.91. The SMILES string of the molecule is CC(C)(C)OC(=O)N1CCN(CCNC(=O)c2ccc(OCC(F)(F)F)cc2)CC1. The monoisotopic (exact) mass is 431 g/mol. The second-order valence-corrected chi connectivity index (χ2v) is 7.99. The number of halogens is 3. The van der Waals surface area contributed by atoms with Crippen molar-refractivity contribution in [3.63, 3.8) is 0 Å². The molecular formula is C20H28F3N3O4. The Hall–Kier alpha value is -2.49. The molecule has 0 radical (unpaired) electrons. The van der Waals surface area contributed by atoms with E-state index in [9.17, 15) is 22.8 Å². The maximum atomic E-state index is 12.2. The lowest BCUT2D eigenvalue weighted by atomic mass is 10.2. The van der Waals surface area contributed by atoms with Crippen LogP contribution >= 0.6 is 0 Å². The molecule has 0 unspecified atom stereocenters. The van der Waals surface area contributed by atoms with Gasteiger partial charge in [0.05, 0.1) is 0 Å². The van der Waals surface area contributed by atoms with Gasteiger partial charge in [0.2, 0.25) is 0 Å². The molecule has 0 atom stereocenters. The second kappa shape index (κ2) is 10.0. The first-order valence-electron chi connectivity index (χ1n) is 9.71. The van der Waals surface area contributed by atoms with Crippen LogP contribution in [0.1, 0.15) is 31.1 Å². The van der Waals surface area contributed by atoms with Crippen molar-refractivity contribution < 1.29 is 32.2 Å². The summed E-state index contributed by atoms with van der Waals surface area (Å²) in [6.07, 6.45) is -4.73. The van der Waals surface area contributed by atoms with Gasteiger partial charge in [-0.1, -0.05) is 0 Å². The molecule has 0 aromatic heterocycles. The number of amides is 2. The molecule has 0 aliphatic carbocycles. The van der Waals surface area contributed by atoms with Crippen molar-refractivity contribution >= 4 is 12.0 Å². The molecular weight excluding hydrogens is 403 g/mol. The van der Waals surface area contributed by atoms with Gasteiger partial charge < -0.3 is 19.7 Å². The summed E-state index contributed by atoms with van der Waals surface area (Å²) in [6.45, 7) is 7.62. The minimum Gasteiger partial charge on any atom is -0.484 e. The topological polar surface area (TPSA) is 71.1 Å². The van der Waals surface area contributed by atoms with Crippen molar-refractivity contribution in [3.05, 3.63) is 29.8 Å². The Labute approximate surface area is 174 Å². The number of rotatable bonds is 6. The van der Waals surface area contributed by atoms with Gasteiger partial charge in [-0.05, 0) is 45.0 Å². The Balaban J connectivity index is 1.68. The molecule has 1 aliphatic rings. The van der Waals surface area contributed by atoms with Gasteiger partial charge in [0.1, 0.15) is 11.4 Å². The number of nitrogens with zero attached hydrogens (tertiary/aromatic N) is 2. The van der Waals surface area contributed by atoms with Crippen LogP contribution in [0.25, 0.3) is 0 Å². The molecule has 30 heavy (non-hydrogen) atoms. The van der Waals surface area contributed by atoms with Gasteiger partial charge in [-0.25, -0.2) is 4.79 Å². The van der Waals surface area contributed by atoms with E-state index in [-0.39, 0.29) is 17.7 Å². The standard InChI is InChI=1S/C20H28F3N3O4/c1-19(2,3)30-18(28)26-12-10-25(11-13-26)9-8-24-17(27)15-4-6-16(7-5-15)29-14-20(21,22)23/h4-7H,8-14H2,1-3H3,(H,24,27).